The molecule has 2 heterocycles. The zero-order valence-corrected chi connectivity index (χ0v) is 11.9. The Bertz CT molecular complexity index is 845. The van der Waals surface area contributed by atoms with Crippen molar-refractivity contribution >= 4 is 17.7 Å². The molecule has 0 saturated carbocycles. The van der Waals surface area contributed by atoms with Gasteiger partial charge in [-0.3, -0.25) is 4.79 Å². The maximum absolute atomic E-state index is 13.1. The second-order valence-corrected chi connectivity index (χ2v) is 4.59. The van der Waals surface area contributed by atoms with E-state index in [2.05, 4.69) is 20.4 Å². The summed E-state index contributed by atoms with van der Waals surface area (Å²) in [6, 6.07) is 7.71. The van der Waals surface area contributed by atoms with Gasteiger partial charge in [-0.15, -0.1) is 0 Å². The number of carbonyl (C=O) groups is 1. The molecular weight excluding hydrogens is 297 g/mol. The molecule has 0 saturated heterocycles. The van der Waals surface area contributed by atoms with Crippen molar-refractivity contribution in [1.82, 2.24) is 19.7 Å². The highest BCUT2D eigenvalue weighted by Gasteiger charge is 2.08. The van der Waals surface area contributed by atoms with Crippen LogP contribution in [0.25, 0.3) is 11.9 Å². The van der Waals surface area contributed by atoms with E-state index in [9.17, 15) is 9.18 Å². The van der Waals surface area contributed by atoms with Crippen LogP contribution >= 0.6 is 0 Å². The number of nitrogens with one attached hydrogen (secondary N) is 1. The van der Waals surface area contributed by atoms with Crippen LogP contribution in [-0.4, -0.2) is 25.7 Å². The summed E-state index contributed by atoms with van der Waals surface area (Å²) in [6.45, 7) is 0. The van der Waals surface area contributed by atoms with Gasteiger partial charge in [-0.2, -0.15) is 5.10 Å². The zero-order chi connectivity index (χ0) is 16.1. The first-order valence-electron chi connectivity index (χ1n) is 6.77. The molecule has 6 nitrogen and oxygen atoms in total. The third kappa shape index (κ3) is 3.65. The molecule has 1 aromatic carbocycles. The van der Waals surface area contributed by atoms with E-state index in [1.54, 1.807) is 30.6 Å². The maximum Gasteiger partial charge on any atom is 0.248 e. The van der Waals surface area contributed by atoms with Crippen LogP contribution in [0.5, 0.6) is 0 Å². The fourth-order valence-electron chi connectivity index (χ4n) is 1.94. The van der Waals surface area contributed by atoms with Crippen molar-refractivity contribution in [2.24, 2.45) is 0 Å². The summed E-state index contributed by atoms with van der Waals surface area (Å²) in [4.78, 5) is 20.0. The minimum absolute atomic E-state index is 0.356. The molecule has 1 amide bonds. The SMILES string of the molecule is O=C(/C=C/c1cccc(F)c1)Nc1cncnc1-n1cccn1. The van der Waals surface area contributed by atoms with E-state index >= 15 is 0 Å². The molecule has 3 rings (SSSR count). The normalized spacial score (nSPS) is 10.8. The Morgan fingerprint density at radius 2 is 2.22 bits per heavy atom. The van der Waals surface area contributed by atoms with E-state index in [1.807, 2.05) is 0 Å². The summed E-state index contributed by atoms with van der Waals surface area (Å²) in [7, 11) is 0. The number of rotatable bonds is 4. The Morgan fingerprint density at radius 3 is 3.00 bits per heavy atom. The van der Waals surface area contributed by atoms with Crippen molar-refractivity contribution < 1.29 is 9.18 Å². The smallest absolute Gasteiger partial charge is 0.248 e. The molecule has 0 aliphatic heterocycles. The number of carbonyl (C=O) groups excluding carboxylic acids is 1. The third-order valence-corrected chi connectivity index (χ3v) is 2.95. The molecular formula is C16H12FN5O. The van der Waals surface area contributed by atoms with Gasteiger partial charge >= 0.3 is 0 Å². The van der Waals surface area contributed by atoms with Crippen LogP contribution in [0, 0.1) is 5.82 Å². The topological polar surface area (TPSA) is 72.7 Å². The summed E-state index contributed by atoms with van der Waals surface area (Å²) in [6.07, 6.45) is 9.01. The zero-order valence-electron chi connectivity index (χ0n) is 11.9. The van der Waals surface area contributed by atoms with Crippen LogP contribution in [0.2, 0.25) is 0 Å². The van der Waals surface area contributed by atoms with Crippen LogP contribution in [-0.2, 0) is 4.79 Å². The molecule has 0 bridgehead atoms. The standard InChI is InChI=1S/C16H12FN5O/c17-13-4-1-3-12(9-13)5-6-15(23)21-14-10-18-11-19-16(14)22-8-2-7-20-22/h1-11H,(H,21,23)/b6-5+. The Labute approximate surface area is 131 Å². The van der Waals surface area contributed by atoms with E-state index < -0.39 is 0 Å². The molecule has 0 fully saturated rings. The van der Waals surface area contributed by atoms with Crippen molar-refractivity contribution in [2.75, 3.05) is 5.32 Å². The lowest BCUT2D eigenvalue weighted by Gasteiger charge is -2.07. The molecule has 1 N–H and O–H groups in total. The minimum atomic E-state index is -0.377. The Balaban J connectivity index is 1.76. The Morgan fingerprint density at radius 1 is 1.30 bits per heavy atom. The fourth-order valence-corrected chi connectivity index (χ4v) is 1.94. The number of halogens is 1. The number of hydrogen-bond acceptors (Lipinski definition) is 4. The first-order chi connectivity index (χ1) is 11.2. The van der Waals surface area contributed by atoms with Crippen molar-refractivity contribution in [3.63, 3.8) is 0 Å². The number of hydrogen-bond donors (Lipinski definition) is 1. The lowest BCUT2D eigenvalue weighted by Crippen LogP contribution is -2.12. The van der Waals surface area contributed by atoms with Crippen LogP contribution in [0.3, 0.4) is 0 Å². The molecule has 2 aromatic heterocycles. The molecule has 3 aromatic rings. The molecule has 0 atom stereocenters. The number of nitrogens with zero attached hydrogens (tertiary/aromatic N) is 4. The predicted molar refractivity (Wildman–Crippen MR) is 83.2 cm³/mol. The van der Waals surface area contributed by atoms with Gasteiger partial charge in [-0.1, -0.05) is 12.1 Å². The van der Waals surface area contributed by atoms with Crippen LogP contribution < -0.4 is 5.32 Å². The van der Waals surface area contributed by atoms with Crippen molar-refractivity contribution in [1.29, 1.82) is 0 Å². The second kappa shape index (κ2) is 6.61. The van der Waals surface area contributed by atoms with Crippen molar-refractivity contribution in [2.45, 2.75) is 0 Å². The van der Waals surface area contributed by atoms with Crippen LogP contribution in [0.4, 0.5) is 10.1 Å². The van der Waals surface area contributed by atoms with Gasteiger partial charge in [-0.25, -0.2) is 19.0 Å². The molecule has 0 aliphatic rings. The summed E-state index contributed by atoms with van der Waals surface area (Å²) in [5.41, 5.74) is 1.02. The van der Waals surface area contributed by atoms with Crippen molar-refractivity contribution in [3.8, 4) is 5.82 Å². The lowest BCUT2D eigenvalue weighted by molar-refractivity contribution is -0.111. The highest BCUT2D eigenvalue weighted by Crippen LogP contribution is 2.15. The third-order valence-electron chi connectivity index (χ3n) is 2.95. The summed E-state index contributed by atoms with van der Waals surface area (Å²) < 4.78 is 14.6. The van der Waals surface area contributed by atoms with Gasteiger partial charge in [0.1, 0.15) is 17.8 Å². The second-order valence-electron chi connectivity index (χ2n) is 4.59. The molecule has 0 aliphatic carbocycles. The molecule has 0 spiro atoms. The summed E-state index contributed by atoms with van der Waals surface area (Å²) in [5, 5.41) is 6.75. The molecule has 23 heavy (non-hydrogen) atoms. The molecule has 7 heteroatoms. The minimum Gasteiger partial charge on any atom is -0.318 e. The number of amides is 1. The molecule has 0 unspecified atom stereocenters. The lowest BCUT2D eigenvalue weighted by atomic mass is 10.2. The van der Waals surface area contributed by atoms with E-state index in [1.165, 1.54) is 41.5 Å². The number of aromatic nitrogens is 4. The van der Waals surface area contributed by atoms with E-state index in [0.717, 1.165) is 0 Å². The van der Waals surface area contributed by atoms with Gasteiger partial charge in [0, 0.05) is 18.5 Å². The first-order valence-corrected chi connectivity index (χ1v) is 6.77. The summed E-state index contributed by atoms with van der Waals surface area (Å²) in [5.74, 6) is -0.278. The van der Waals surface area contributed by atoms with Gasteiger partial charge in [0.25, 0.3) is 0 Å². The maximum atomic E-state index is 13.1. The highest BCUT2D eigenvalue weighted by molar-refractivity contribution is 6.02. The predicted octanol–water partition coefficient (Wildman–Crippen LogP) is 2.45. The van der Waals surface area contributed by atoms with Crippen LogP contribution in [0.1, 0.15) is 5.56 Å². The van der Waals surface area contributed by atoms with Gasteiger partial charge in [0.2, 0.25) is 5.91 Å². The van der Waals surface area contributed by atoms with Gasteiger partial charge in [-0.05, 0) is 29.8 Å². The van der Waals surface area contributed by atoms with E-state index in [-0.39, 0.29) is 11.7 Å². The van der Waals surface area contributed by atoms with Gasteiger partial charge in [0.15, 0.2) is 5.82 Å². The molecule has 0 radical (unpaired) electrons. The van der Waals surface area contributed by atoms with Gasteiger partial charge in [0.05, 0.1) is 6.20 Å². The quantitative estimate of drug-likeness (QED) is 0.751. The average Bonchev–Trinajstić information content (AvgIpc) is 3.08. The Hall–Kier alpha value is -3.35. The van der Waals surface area contributed by atoms with Crippen LogP contribution in [0.15, 0.2) is 61.3 Å². The fraction of sp³-hybridized carbons (Fsp3) is 0. The van der Waals surface area contributed by atoms with Gasteiger partial charge < -0.3 is 5.32 Å². The molecule has 114 valence electrons. The Kier molecular flexibility index (Phi) is 4.19. The summed E-state index contributed by atoms with van der Waals surface area (Å²) >= 11 is 0. The van der Waals surface area contributed by atoms with Crippen molar-refractivity contribution in [3.05, 3.63) is 72.7 Å². The van der Waals surface area contributed by atoms with E-state index in [0.29, 0.717) is 17.1 Å². The number of benzene rings is 1. The number of anilines is 1. The highest BCUT2D eigenvalue weighted by atomic mass is 19.1. The average molecular weight is 309 g/mol. The largest absolute Gasteiger partial charge is 0.318 e. The van der Waals surface area contributed by atoms with E-state index in [4.69, 9.17) is 0 Å². The first kappa shape index (κ1) is 14.6. The monoisotopic (exact) mass is 309 g/mol.